The summed E-state index contributed by atoms with van der Waals surface area (Å²) in [7, 11) is 5.40. The fourth-order valence-corrected chi connectivity index (χ4v) is 6.49. The van der Waals surface area contributed by atoms with Gasteiger partial charge in [-0.3, -0.25) is 9.59 Å². The van der Waals surface area contributed by atoms with Crippen LogP contribution in [-0.4, -0.2) is 75.5 Å². The Balaban J connectivity index is 4.37. The summed E-state index contributed by atoms with van der Waals surface area (Å²) in [6.07, 6.45) is 45.5. The van der Waals surface area contributed by atoms with Crippen molar-refractivity contribution in [2.45, 2.75) is 199 Å². The van der Waals surface area contributed by atoms with Crippen molar-refractivity contribution in [3.63, 3.8) is 0 Å². The molecule has 8 nitrogen and oxygen atoms in total. The number of carboxylic acid groups (broad SMARTS) is 1. The molecule has 0 spiro atoms. The zero-order chi connectivity index (χ0) is 41.4. The summed E-state index contributed by atoms with van der Waals surface area (Å²) in [4.78, 5) is 36.9. The van der Waals surface area contributed by atoms with E-state index in [2.05, 4.69) is 62.5 Å². The van der Waals surface area contributed by atoms with Gasteiger partial charge in [0.25, 0.3) is 0 Å². The van der Waals surface area contributed by atoms with E-state index in [4.69, 9.17) is 14.2 Å². The van der Waals surface area contributed by atoms with Crippen LogP contribution in [0.5, 0.6) is 0 Å². The maximum Gasteiger partial charge on any atom is 0.306 e. The van der Waals surface area contributed by atoms with Crippen molar-refractivity contribution in [3.05, 3.63) is 48.6 Å². The van der Waals surface area contributed by atoms with Crippen molar-refractivity contribution in [1.29, 1.82) is 0 Å². The van der Waals surface area contributed by atoms with E-state index in [1.807, 2.05) is 0 Å². The molecule has 0 fully saturated rings. The van der Waals surface area contributed by atoms with Crippen molar-refractivity contribution in [2.24, 2.45) is 0 Å². The van der Waals surface area contributed by atoms with Crippen LogP contribution in [0.1, 0.15) is 187 Å². The third kappa shape index (κ3) is 36.9. The Kier molecular flexibility index (Phi) is 37.2. The van der Waals surface area contributed by atoms with Gasteiger partial charge in [-0.15, -0.1) is 0 Å². The number of carbonyl (C=O) groups is 3. The SMILES string of the molecule is CCCCC/C=C/C=C/C=C/C=C/CCCCCCCC(=O)OCC(COCCC(C(=O)[O-])[N+](C)(C)C)OC(=O)CCCCCCCCCCCCCCCC. The third-order valence-electron chi connectivity index (χ3n) is 10.1. The molecule has 0 aliphatic rings. The van der Waals surface area contributed by atoms with Crippen LogP contribution >= 0.6 is 0 Å². The highest BCUT2D eigenvalue weighted by Gasteiger charge is 2.25. The molecule has 0 aromatic carbocycles. The molecule has 0 aromatic heterocycles. The number of allylic oxidation sites excluding steroid dienone is 8. The Hall–Kier alpha value is -2.71. The van der Waals surface area contributed by atoms with Gasteiger partial charge < -0.3 is 28.6 Å². The van der Waals surface area contributed by atoms with Crippen molar-refractivity contribution < 1.29 is 38.2 Å². The van der Waals surface area contributed by atoms with Crippen LogP contribution in [-0.2, 0) is 28.6 Å². The molecule has 0 heterocycles. The summed E-state index contributed by atoms with van der Waals surface area (Å²) in [5, 5.41) is 11.6. The molecule has 0 N–H and O–H groups in total. The van der Waals surface area contributed by atoms with E-state index in [9.17, 15) is 19.5 Å². The molecule has 0 saturated carbocycles. The molecule has 324 valence electrons. The number of esters is 2. The fourth-order valence-electron chi connectivity index (χ4n) is 6.49. The maximum atomic E-state index is 12.7. The fraction of sp³-hybridized carbons (Fsp3) is 0.771. The van der Waals surface area contributed by atoms with Gasteiger partial charge in [0.1, 0.15) is 12.6 Å². The molecule has 0 radical (unpaired) electrons. The van der Waals surface area contributed by atoms with E-state index in [1.54, 1.807) is 21.1 Å². The van der Waals surface area contributed by atoms with Crippen LogP contribution in [0.2, 0.25) is 0 Å². The molecule has 56 heavy (non-hydrogen) atoms. The van der Waals surface area contributed by atoms with Crippen molar-refractivity contribution in [2.75, 3.05) is 41.0 Å². The molecule has 0 saturated heterocycles. The first-order valence-electron chi connectivity index (χ1n) is 22.7. The highest BCUT2D eigenvalue weighted by molar-refractivity contribution is 5.70. The van der Waals surface area contributed by atoms with Crippen molar-refractivity contribution in [3.8, 4) is 0 Å². The van der Waals surface area contributed by atoms with Crippen LogP contribution in [0, 0.1) is 0 Å². The molecule has 0 rings (SSSR count). The van der Waals surface area contributed by atoms with Crippen molar-refractivity contribution >= 4 is 17.9 Å². The minimum Gasteiger partial charge on any atom is -0.544 e. The standard InChI is InChI=1S/C48H85NO7/c1-6-8-10-12-14-16-18-20-22-23-24-25-27-28-30-32-34-36-38-46(50)55-43-44(42-54-41-40-45(48(52)53)49(3,4)5)56-47(51)39-37-35-33-31-29-26-21-19-17-15-13-11-9-7-2/h14,16,18,20,22-25,44-45H,6-13,15,17,19,21,26-43H2,1-5H3/b16-14+,20-18+,23-22+,25-24+. The molecular formula is C48H85NO7. The van der Waals surface area contributed by atoms with Gasteiger partial charge in [-0.2, -0.15) is 0 Å². The Morgan fingerprint density at radius 1 is 0.536 bits per heavy atom. The van der Waals surface area contributed by atoms with Gasteiger partial charge in [0, 0.05) is 19.3 Å². The molecule has 2 atom stereocenters. The summed E-state index contributed by atoms with van der Waals surface area (Å²) in [5.74, 6) is -1.76. The summed E-state index contributed by atoms with van der Waals surface area (Å²) < 4.78 is 17.2. The van der Waals surface area contributed by atoms with Crippen LogP contribution < -0.4 is 5.11 Å². The molecule has 0 aliphatic carbocycles. The summed E-state index contributed by atoms with van der Waals surface area (Å²) >= 11 is 0. The maximum absolute atomic E-state index is 12.7. The quantitative estimate of drug-likeness (QED) is 0.0264. The second-order valence-electron chi connectivity index (χ2n) is 16.4. The topological polar surface area (TPSA) is 102 Å². The average Bonchev–Trinajstić information content (AvgIpc) is 3.15. The minimum absolute atomic E-state index is 0.0339. The highest BCUT2D eigenvalue weighted by atomic mass is 16.6. The van der Waals surface area contributed by atoms with Crippen LogP contribution in [0.15, 0.2) is 48.6 Å². The van der Waals surface area contributed by atoms with E-state index in [0.29, 0.717) is 12.8 Å². The Bertz CT molecular complexity index is 1060. The molecule has 0 aliphatic heterocycles. The lowest BCUT2D eigenvalue weighted by Gasteiger charge is -2.34. The zero-order valence-electron chi connectivity index (χ0n) is 36.8. The predicted octanol–water partition coefficient (Wildman–Crippen LogP) is 11.1. The first-order valence-corrected chi connectivity index (χ1v) is 22.7. The molecule has 0 amide bonds. The Morgan fingerprint density at radius 2 is 0.946 bits per heavy atom. The van der Waals surface area contributed by atoms with E-state index < -0.39 is 18.1 Å². The number of unbranched alkanes of at least 4 members (excludes halogenated alkanes) is 21. The van der Waals surface area contributed by atoms with E-state index in [0.717, 1.165) is 64.2 Å². The first kappa shape index (κ1) is 53.3. The second-order valence-corrected chi connectivity index (χ2v) is 16.4. The van der Waals surface area contributed by atoms with Gasteiger partial charge in [-0.05, 0) is 38.5 Å². The minimum atomic E-state index is -1.13. The Morgan fingerprint density at radius 3 is 1.43 bits per heavy atom. The van der Waals surface area contributed by atoms with Gasteiger partial charge in [-0.1, -0.05) is 178 Å². The van der Waals surface area contributed by atoms with Crippen molar-refractivity contribution in [1.82, 2.24) is 0 Å². The van der Waals surface area contributed by atoms with Crippen LogP contribution in [0.25, 0.3) is 0 Å². The Labute approximate surface area is 344 Å². The number of quaternary nitrogens is 1. The lowest BCUT2D eigenvalue weighted by molar-refractivity contribution is -0.889. The molecular weight excluding hydrogens is 703 g/mol. The van der Waals surface area contributed by atoms with Gasteiger partial charge in [-0.25, -0.2) is 0 Å². The number of rotatable bonds is 40. The van der Waals surface area contributed by atoms with Crippen LogP contribution in [0.4, 0.5) is 0 Å². The van der Waals surface area contributed by atoms with Gasteiger partial charge in [0.15, 0.2) is 6.10 Å². The summed E-state index contributed by atoms with van der Waals surface area (Å²) in [5.41, 5.74) is 0. The number of carboxylic acids is 1. The zero-order valence-corrected chi connectivity index (χ0v) is 36.8. The number of hydrogen-bond donors (Lipinski definition) is 0. The lowest BCUT2D eigenvalue weighted by atomic mass is 10.0. The number of nitrogens with zero attached hydrogens (tertiary/aromatic N) is 1. The third-order valence-corrected chi connectivity index (χ3v) is 10.1. The number of likely N-dealkylation sites (N-methyl/N-ethyl adjacent to an activating group) is 1. The molecule has 0 bridgehead atoms. The second kappa shape index (κ2) is 39.1. The number of carbonyl (C=O) groups excluding carboxylic acids is 3. The highest BCUT2D eigenvalue weighted by Crippen LogP contribution is 2.15. The number of aliphatic carboxylic acids is 1. The molecule has 0 aromatic rings. The molecule has 8 heteroatoms. The van der Waals surface area contributed by atoms with E-state index in [1.165, 1.54) is 89.9 Å². The van der Waals surface area contributed by atoms with E-state index >= 15 is 0 Å². The van der Waals surface area contributed by atoms with Gasteiger partial charge in [0.05, 0.1) is 40.3 Å². The average molecular weight is 788 g/mol. The van der Waals surface area contributed by atoms with Gasteiger partial charge >= 0.3 is 11.9 Å². The summed E-state index contributed by atoms with van der Waals surface area (Å²) in [6.45, 7) is 4.60. The lowest BCUT2D eigenvalue weighted by Crippen LogP contribution is -2.55. The monoisotopic (exact) mass is 788 g/mol. The molecule has 2 unspecified atom stereocenters. The summed E-state index contributed by atoms with van der Waals surface area (Å²) in [6, 6.07) is -0.729. The first-order chi connectivity index (χ1) is 27.1. The normalized spacial score (nSPS) is 13.4. The number of ether oxygens (including phenoxy) is 3. The smallest absolute Gasteiger partial charge is 0.306 e. The number of hydrogen-bond acceptors (Lipinski definition) is 7. The van der Waals surface area contributed by atoms with E-state index in [-0.39, 0.29) is 42.7 Å². The largest absolute Gasteiger partial charge is 0.544 e. The van der Waals surface area contributed by atoms with Crippen LogP contribution in [0.3, 0.4) is 0 Å². The van der Waals surface area contributed by atoms with Gasteiger partial charge in [0.2, 0.25) is 0 Å². The predicted molar refractivity (Wildman–Crippen MR) is 231 cm³/mol.